The molecule has 143 heavy (non-hydrogen) atoms. The number of rotatable bonds is 28. The van der Waals surface area contributed by atoms with E-state index in [1.54, 1.807) is 48.5 Å². The second kappa shape index (κ2) is 121. The molecule has 16 nitrogen and oxygen atoms in total. The third kappa shape index (κ3) is 95.2. The van der Waals surface area contributed by atoms with Gasteiger partial charge in [-0.3, -0.25) is 24.0 Å². The highest BCUT2D eigenvalue weighted by molar-refractivity contribution is 5.76. The molecule has 6 N–H and O–H groups in total. The van der Waals surface area contributed by atoms with Crippen molar-refractivity contribution < 1.29 is 78.3 Å². The van der Waals surface area contributed by atoms with Crippen LogP contribution in [0.3, 0.4) is 0 Å². The number of methoxy groups -OCH3 is 1. The van der Waals surface area contributed by atoms with Crippen LogP contribution in [0.4, 0.5) is 0 Å². The van der Waals surface area contributed by atoms with Crippen LogP contribution in [-0.4, -0.2) is 80.8 Å². The van der Waals surface area contributed by atoms with Gasteiger partial charge in [0.2, 0.25) is 0 Å². The van der Waals surface area contributed by atoms with Gasteiger partial charge in [-0.05, 0) is 251 Å². The topological polar surface area (TPSA) is 253 Å². The summed E-state index contributed by atoms with van der Waals surface area (Å²) in [6.07, 6.45) is 10.9. The summed E-state index contributed by atoms with van der Waals surface area (Å²) < 4.78 is 24.3. The van der Waals surface area contributed by atoms with Crippen LogP contribution in [0.25, 0.3) is 0 Å². The quantitative estimate of drug-likeness (QED) is 0.0197. The van der Waals surface area contributed by atoms with E-state index in [-0.39, 0.29) is 229 Å². The number of hydrogen-bond acceptors (Lipinski definition) is 16. The summed E-state index contributed by atoms with van der Waals surface area (Å²) in [5.74, 6) is 5.00. The van der Waals surface area contributed by atoms with Crippen LogP contribution in [0.1, 0.15) is 487 Å². The van der Waals surface area contributed by atoms with Gasteiger partial charge in [0.1, 0.15) is 47.7 Å². The van der Waals surface area contributed by atoms with Crippen LogP contribution < -0.4 is 0 Å². The Kier molecular flexibility index (Phi) is 167. The third-order valence-corrected chi connectivity index (χ3v) is 21.0. The summed E-state index contributed by atoms with van der Waals surface area (Å²) in [6.45, 7) is 52.3. The van der Waals surface area contributed by atoms with Crippen LogP contribution in [0, 0.1) is 29.1 Å². The summed E-state index contributed by atoms with van der Waals surface area (Å²) in [5.41, 5.74) is 8.90. The lowest BCUT2D eigenvalue weighted by Gasteiger charge is -2.20. The number of phenols is 6. The minimum Gasteiger partial charge on any atom is -0.508 e. The molecule has 0 aliphatic carbocycles. The van der Waals surface area contributed by atoms with Crippen molar-refractivity contribution >= 4 is 29.8 Å². The smallest absolute Gasteiger partial charge is 0.311 e. The molecule has 8 rings (SSSR count). The number of carbonyl (C=O) groups is 5. The Hall–Kier alpha value is -10.1. The van der Waals surface area contributed by atoms with Gasteiger partial charge < -0.3 is 54.3 Å². The maximum Gasteiger partial charge on any atom is 0.311 e. The Balaban J connectivity index is -0.0000000461. The molecule has 10 atom stereocenters. The van der Waals surface area contributed by atoms with Gasteiger partial charge >= 0.3 is 29.8 Å². The molecule has 10 unspecified atom stereocenters. The van der Waals surface area contributed by atoms with Gasteiger partial charge in [0.15, 0.2) is 0 Å². The van der Waals surface area contributed by atoms with E-state index in [4.69, 9.17) is 44.5 Å². The summed E-state index contributed by atoms with van der Waals surface area (Å²) in [4.78, 5) is 55.0. The van der Waals surface area contributed by atoms with Gasteiger partial charge in [-0.15, -0.1) is 0 Å². The van der Waals surface area contributed by atoms with E-state index in [2.05, 4.69) is 118 Å². The number of carbonyl (C=O) groups excluding carboxylic acids is 5. The van der Waals surface area contributed by atoms with E-state index in [0.29, 0.717) is 84.1 Å². The molecule has 0 amide bonds. The zero-order valence-electron chi connectivity index (χ0n) is 78.8. The monoisotopic (exact) mass is 2030 g/mol. The zero-order valence-corrected chi connectivity index (χ0v) is 78.8. The molecule has 16 heteroatoms. The molecular formula is C127H246O16. The number of phenolic OH excluding ortho intramolecular Hbond substituents is 6. The largest absolute Gasteiger partial charge is 0.508 e. The fraction of sp³-hybridized carbons (Fsp3) is 0.583. The molecule has 0 radical (unpaired) electrons. The number of ether oxygens (including phenoxy) is 5. The molecule has 0 aliphatic rings. The van der Waals surface area contributed by atoms with Crippen molar-refractivity contribution in [1.29, 1.82) is 0 Å². The normalized spacial score (nSPS) is 10.6. The first-order chi connectivity index (χ1) is 57.4. The molecule has 0 aliphatic heterocycles. The molecule has 0 saturated carbocycles. The predicted molar refractivity (Wildman–Crippen MR) is 649 cm³/mol. The Bertz CT molecular complexity index is 3630. The lowest BCUT2D eigenvalue weighted by Crippen LogP contribution is -2.25. The van der Waals surface area contributed by atoms with Gasteiger partial charge in [0.25, 0.3) is 0 Å². The van der Waals surface area contributed by atoms with Crippen LogP contribution in [-0.2, 0) is 60.9 Å². The van der Waals surface area contributed by atoms with Gasteiger partial charge in [0, 0.05) is 0 Å². The van der Waals surface area contributed by atoms with Gasteiger partial charge in [-0.1, -0.05) is 442 Å². The molecule has 8 aromatic carbocycles. The maximum atomic E-state index is 11.7. The van der Waals surface area contributed by atoms with Crippen molar-refractivity contribution in [2.45, 2.75) is 456 Å². The fourth-order valence-corrected chi connectivity index (χ4v) is 9.80. The highest BCUT2D eigenvalue weighted by atomic mass is 16.5. The number of benzene rings is 8. The molecular weight excluding hydrogens is 1780 g/mol. The average Bonchev–Trinajstić information content (AvgIpc) is 0.880. The first kappa shape index (κ1) is 199. The minimum atomic E-state index is -0.448. The predicted octanol–water partition coefficient (Wildman–Crippen LogP) is 41.8. The van der Waals surface area contributed by atoms with Crippen LogP contribution in [0.2, 0.25) is 0 Å². The van der Waals surface area contributed by atoms with Crippen molar-refractivity contribution in [2.24, 2.45) is 29.1 Å². The van der Waals surface area contributed by atoms with E-state index in [1.807, 2.05) is 217 Å². The van der Waals surface area contributed by atoms with E-state index in [9.17, 15) is 29.1 Å². The minimum absolute atomic E-state index is 0. The van der Waals surface area contributed by atoms with E-state index in [0.717, 1.165) is 75.3 Å². The SMILES string of the molecule is C.C.C.C.C.C.C.C.C.C.C.C.C.C.C.C.C.C.C.C.C.C.CCC(C)(C)C(=O)OCc1cccc(O)c1.CCC(C)C(=O)OC.CCC(C)C(=O)OCc1ccccc1.CCC(C)c1cccc(O)c1.CCC(C)c1cccc(O)c1.CCC(C)c1cccc(O)c1.CCC(C)c1cccc(O)c1.CCC(C)c1cccc(O)c1.CCC(C)c1ccccc1.CCOC(=O)C(C)CC.CCOC(=O)C(C)CC. The molecule has 0 aromatic heterocycles. The summed E-state index contributed by atoms with van der Waals surface area (Å²) in [5, 5.41) is 55.0. The summed E-state index contributed by atoms with van der Waals surface area (Å²) in [6, 6.07) is 64.4. The van der Waals surface area contributed by atoms with Crippen LogP contribution >= 0.6 is 0 Å². The van der Waals surface area contributed by atoms with Crippen molar-refractivity contribution in [2.75, 3.05) is 20.3 Å². The van der Waals surface area contributed by atoms with Crippen molar-refractivity contribution in [3.05, 3.63) is 251 Å². The molecule has 0 heterocycles. The standard InChI is InChI=1S/C13H18O3.C12H16O2.5C10H14O.C10H14.2C7H14O2.C6H12O2.22CH4/c1-4-13(2,3)12(15)16-9-10-6-5-7-11(14)8-10;1-3-10(2)12(13)14-9-11-7-5-4-6-8-11;5*1-3-8(2)9-5-4-6-10(11)7-9;1-3-9(2)10-7-5-4-6-8-10;2*1-4-6(3)7(8)9-5-2;1-4-5(2)6(7)8-3;;;;;;;;;;;;;;;;;;;;;;/h5-8,14H,4,9H2,1-3H3;4-8,10H,3,9H2,1-2H3;5*4-8,11H,3H2,1-2H3;4-9H,3H2,1-2H3;2*6H,4-5H2,1-3H3;5H,4H2,1-3H3;22*1H4. The van der Waals surface area contributed by atoms with Crippen molar-refractivity contribution in [3.8, 4) is 34.5 Å². The second-order valence-corrected chi connectivity index (χ2v) is 31.1. The highest BCUT2D eigenvalue weighted by Crippen LogP contribution is 2.28. The van der Waals surface area contributed by atoms with Crippen molar-refractivity contribution in [1.82, 2.24) is 0 Å². The Morgan fingerprint density at radius 1 is 0.238 bits per heavy atom. The van der Waals surface area contributed by atoms with Gasteiger partial charge in [0.05, 0.1) is 49.4 Å². The van der Waals surface area contributed by atoms with Gasteiger partial charge in [-0.25, -0.2) is 0 Å². The Labute approximate surface area is 893 Å². The molecule has 0 spiro atoms. The summed E-state index contributed by atoms with van der Waals surface area (Å²) >= 11 is 0. The molecule has 850 valence electrons. The first-order valence-corrected chi connectivity index (χ1v) is 43.9. The molecule has 0 saturated heterocycles. The lowest BCUT2D eigenvalue weighted by molar-refractivity contribution is -0.155. The van der Waals surface area contributed by atoms with Crippen LogP contribution in [0.5, 0.6) is 34.5 Å². The number of aromatic hydroxyl groups is 6. The van der Waals surface area contributed by atoms with Crippen molar-refractivity contribution in [3.63, 3.8) is 0 Å². The highest BCUT2D eigenvalue weighted by Gasteiger charge is 2.27. The average molecular weight is 2030 g/mol. The number of esters is 5. The molecule has 8 aromatic rings. The molecule has 0 fully saturated rings. The zero-order chi connectivity index (χ0) is 92.4. The Morgan fingerprint density at radius 2 is 0.434 bits per heavy atom. The first-order valence-electron chi connectivity index (χ1n) is 43.9. The lowest BCUT2D eigenvalue weighted by atomic mass is 9.91. The van der Waals surface area contributed by atoms with Gasteiger partial charge in [-0.2, -0.15) is 0 Å². The van der Waals surface area contributed by atoms with E-state index < -0.39 is 5.41 Å². The number of hydrogen-bond donors (Lipinski definition) is 6. The van der Waals surface area contributed by atoms with E-state index >= 15 is 0 Å². The third-order valence-electron chi connectivity index (χ3n) is 21.0. The fourth-order valence-electron chi connectivity index (χ4n) is 9.80. The van der Waals surface area contributed by atoms with Crippen LogP contribution in [0.15, 0.2) is 206 Å². The maximum absolute atomic E-state index is 11.7. The van der Waals surface area contributed by atoms with E-state index in [1.165, 1.54) is 46.9 Å². The summed E-state index contributed by atoms with van der Waals surface area (Å²) in [7, 11) is 1.41. The second-order valence-electron chi connectivity index (χ2n) is 31.1. The molecule has 0 bridgehead atoms. The Morgan fingerprint density at radius 3 is 0.636 bits per heavy atom.